The number of carbonyl (C=O) groups excluding carboxylic acids is 1. The topological polar surface area (TPSA) is 29.3 Å². The van der Waals surface area contributed by atoms with Gasteiger partial charge in [0.15, 0.2) is 5.71 Å². The van der Waals surface area contributed by atoms with Gasteiger partial charge in [0.05, 0.1) is 17.6 Å². The number of fused-ring (bicyclic) bond motifs is 1. The fourth-order valence-electron chi connectivity index (χ4n) is 2.47. The molecule has 0 amide bonds. The molecule has 0 saturated heterocycles. The standard InChI is InChI=1S/C15H20NO2/c1-6-18-14(17)11-7-8-13-12(9-11)15(3,4)10(2)16(13)5/h7-9H,6H2,1-5H3/q+1. The molecule has 0 unspecified atom stereocenters. The molecule has 1 aromatic carbocycles. The summed E-state index contributed by atoms with van der Waals surface area (Å²) in [5, 5.41) is 0. The minimum atomic E-state index is -0.247. The Labute approximate surface area is 108 Å². The Morgan fingerprint density at radius 1 is 1.39 bits per heavy atom. The molecule has 0 bridgehead atoms. The fraction of sp³-hybridized carbons (Fsp3) is 0.467. The van der Waals surface area contributed by atoms with Gasteiger partial charge in [-0.05, 0) is 32.9 Å². The first-order valence-corrected chi connectivity index (χ1v) is 6.29. The molecular formula is C15H20NO2+. The van der Waals surface area contributed by atoms with E-state index in [1.807, 2.05) is 25.1 Å². The minimum Gasteiger partial charge on any atom is -0.462 e. The van der Waals surface area contributed by atoms with Crippen LogP contribution in [-0.2, 0) is 10.2 Å². The zero-order valence-corrected chi connectivity index (χ0v) is 11.7. The quantitative estimate of drug-likeness (QED) is 0.593. The molecule has 18 heavy (non-hydrogen) atoms. The second-order valence-corrected chi connectivity index (χ2v) is 5.22. The van der Waals surface area contributed by atoms with Gasteiger partial charge in [-0.2, -0.15) is 0 Å². The lowest BCUT2D eigenvalue weighted by molar-refractivity contribution is -0.403. The van der Waals surface area contributed by atoms with Gasteiger partial charge in [0.2, 0.25) is 5.69 Å². The highest BCUT2D eigenvalue weighted by Gasteiger charge is 2.41. The predicted octanol–water partition coefficient (Wildman–Crippen LogP) is 2.89. The summed E-state index contributed by atoms with van der Waals surface area (Å²) in [5.74, 6) is -0.247. The molecule has 0 atom stereocenters. The number of nitrogens with zero attached hydrogens (tertiary/aromatic N) is 1. The van der Waals surface area contributed by atoms with Crippen molar-refractivity contribution in [3.05, 3.63) is 29.3 Å². The molecule has 3 nitrogen and oxygen atoms in total. The van der Waals surface area contributed by atoms with Crippen molar-refractivity contribution >= 4 is 17.4 Å². The van der Waals surface area contributed by atoms with Crippen LogP contribution in [0, 0.1) is 0 Å². The van der Waals surface area contributed by atoms with Crippen molar-refractivity contribution in [2.45, 2.75) is 33.1 Å². The molecule has 0 N–H and O–H groups in total. The van der Waals surface area contributed by atoms with Crippen molar-refractivity contribution in [2.24, 2.45) is 0 Å². The largest absolute Gasteiger partial charge is 0.462 e. The smallest absolute Gasteiger partial charge is 0.338 e. The molecule has 96 valence electrons. The van der Waals surface area contributed by atoms with Crippen molar-refractivity contribution < 1.29 is 14.1 Å². The Morgan fingerprint density at radius 3 is 2.67 bits per heavy atom. The summed E-state index contributed by atoms with van der Waals surface area (Å²) in [6, 6.07) is 5.79. The van der Waals surface area contributed by atoms with E-state index in [2.05, 4.69) is 32.4 Å². The molecule has 0 aromatic heterocycles. The lowest BCUT2D eigenvalue weighted by atomic mass is 9.81. The monoisotopic (exact) mass is 246 g/mol. The normalized spacial score (nSPS) is 16.7. The second kappa shape index (κ2) is 4.23. The van der Waals surface area contributed by atoms with E-state index in [4.69, 9.17) is 4.74 Å². The summed E-state index contributed by atoms with van der Waals surface area (Å²) in [6.45, 7) is 8.72. The van der Waals surface area contributed by atoms with Gasteiger partial charge in [-0.15, -0.1) is 0 Å². The summed E-state index contributed by atoms with van der Waals surface area (Å²) in [6.07, 6.45) is 0. The number of carbonyl (C=O) groups is 1. The molecule has 3 heteroatoms. The predicted molar refractivity (Wildman–Crippen MR) is 71.9 cm³/mol. The lowest BCUT2D eigenvalue weighted by Crippen LogP contribution is -2.25. The van der Waals surface area contributed by atoms with E-state index in [9.17, 15) is 4.79 Å². The molecule has 2 rings (SSSR count). The molecular weight excluding hydrogens is 226 g/mol. The summed E-state index contributed by atoms with van der Waals surface area (Å²) in [4.78, 5) is 11.8. The molecule has 1 aliphatic heterocycles. The Balaban J connectivity index is 2.49. The van der Waals surface area contributed by atoms with Crippen LogP contribution in [0.1, 0.15) is 43.6 Å². The van der Waals surface area contributed by atoms with Gasteiger partial charge in [0.25, 0.3) is 0 Å². The molecule has 1 aliphatic rings. The molecule has 0 aliphatic carbocycles. The number of hydrogen-bond acceptors (Lipinski definition) is 2. The first-order chi connectivity index (χ1) is 8.39. The van der Waals surface area contributed by atoms with Crippen LogP contribution in [0.3, 0.4) is 0 Å². The van der Waals surface area contributed by atoms with Gasteiger partial charge in [-0.25, -0.2) is 9.37 Å². The van der Waals surface area contributed by atoms with E-state index in [0.717, 1.165) is 0 Å². The van der Waals surface area contributed by atoms with Crippen LogP contribution in [-0.4, -0.2) is 29.9 Å². The third-order valence-electron chi connectivity index (χ3n) is 3.95. The number of benzene rings is 1. The van der Waals surface area contributed by atoms with Crippen LogP contribution < -0.4 is 0 Å². The van der Waals surface area contributed by atoms with Gasteiger partial charge in [0, 0.05) is 18.6 Å². The Kier molecular flexibility index (Phi) is 3.01. The number of ether oxygens (including phenoxy) is 1. The summed E-state index contributed by atoms with van der Waals surface area (Å²) in [5.41, 5.74) is 4.25. The summed E-state index contributed by atoms with van der Waals surface area (Å²) < 4.78 is 7.23. The van der Waals surface area contributed by atoms with E-state index in [0.29, 0.717) is 12.2 Å². The Morgan fingerprint density at radius 2 is 2.06 bits per heavy atom. The second-order valence-electron chi connectivity index (χ2n) is 5.22. The van der Waals surface area contributed by atoms with Crippen LogP contribution in [0.15, 0.2) is 18.2 Å². The number of rotatable bonds is 2. The van der Waals surface area contributed by atoms with Gasteiger partial charge >= 0.3 is 5.97 Å². The average molecular weight is 246 g/mol. The fourth-order valence-corrected chi connectivity index (χ4v) is 2.47. The SMILES string of the molecule is CCOC(=O)c1ccc2c(c1)C(C)(C)C(C)=[N+]2C. The zero-order chi connectivity index (χ0) is 13.5. The summed E-state index contributed by atoms with van der Waals surface area (Å²) in [7, 11) is 2.06. The molecule has 1 aromatic rings. The van der Waals surface area contributed by atoms with Crippen LogP contribution in [0.2, 0.25) is 0 Å². The van der Waals surface area contributed by atoms with Gasteiger partial charge in [0.1, 0.15) is 7.05 Å². The van der Waals surface area contributed by atoms with Crippen molar-refractivity contribution in [3.8, 4) is 0 Å². The van der Waals surface area contributed by atoms with Gasteiger partial charge < -0.3 is 4.74 Å². The average Bonchev–Trinajstić information content (AvgIpc) is 2.51. The maximum Gasteiger partial charge on any atom is 0.338 e. The highest BCUT2D eigenvalue weighted by molar-refractivity contribution is 5.96. The van der Waals surface area contributed by atoms with Crippen molar-refractivity contribution in [1.29, 1.82) is 0 Å². The molecule has 0 spiro atoms. The van der Waals surface area contributed by atoms with E-state index in [1.165, 1.54) is 17.0 Å². The first-order valence-electron chi connectivity index (χ1n) is 6.29. The zero-order valence-electron chi connectivity index (χ0n) is 11.7. The van der Waals surface area contributed by atoms with E-state index in [1.54, 1.807) is 0 Å². The number of hydrogen-bond donors (Lipinski definition) is 0. The minimum absolute atomic E-state index is 0.0351. The van der Waals surface area contributed by atoms with Gasteiger partial charge in [-0.1, -0.05) is 0 Å². The molecule has 1 heterocycles. The third-order valence-corrected chi connectivity index (χ3v) is 3.95. The van der Waals surface area contributed by atoms with Crippen molar-refractivity contribution in [1.82, 2.24) is 0 Å². The van der Waals surface area contributed by atoms with E-state index >= 15 is 0 Å². The van der Waals surface area contributed by atoms with Crippen molar-refractivity contribution in [2.75, 3.05) is 13.7 Å². The molecule has 0 fully saturated rings. The highest BCUT2D eigenvalue weighted by atomic mass is 16.5. The summed E-state index contributed by atoms with van der Waals surface area (Å²) >= 11 is 0. The van der Waals surface area contributed by atoms with Crippen LogP contribution >= 0.6 is 0 Å². The van der Waals surface area contributed by atoms with Crippen molar-refractivity contribution in [3.63, 3.8) is 0 Å². The first kappa shape index (κ1) is 12.8. The lowest BCUT2D eigenvalue weighted by Gasteiger charge is -2.15. The number of esters is 1. The van der Waals surface area contributed by atoms with Crippen LogP contribution in [0.25, 0.3) is 0 Å². The maximum atomic E-state index is 11.8. The molecule has 0 saturated carbocycles. The van der Waals surface area contributed by atoms with Crippen LogP contribution in [0.4, 0.5) is 5.69 Å². The van der Waals surface area contributed by atoms with Gasteiger partial charge in [-0.3, -0.25) is 0 Å². The van der Waals surface area contributed by atoms with E-state index in [-0.39, 0.29) is 11.4 Å². The highest BCUT2D eigenvalue weighted by Crippen LogP contribution is 2.39. The van der Waals surface area contributed by atoms with Crippen LogP contribution in [0.5, 0.6) is 0 Å². The van der Waals surface area contributed by atoms with E-state index < -0.39 is 0 Å². The Hall–Kier alpha value is -1.64. The third kappa shape index (κ3) is 1.74. The molecule has 0 radical (unpaired) electrons. The Bertz CT molecular complexity index is 541. The maximum absolute atomic E-state index is 11.8.